The first-order chi connectivity index (χ1) is 9.31. The second-order valence-electron chi connectivity index (χ2n) is 6.12. The number of aliphatic hydroxyl groups is 1. The number of unbranched alkanes of at least 4 members (excludes halogenated alkanes) is 11. The van der Waals surface area contributed by atoms with Crippen LogP contribution in [-0.4, -0.2) is 11.2 Å². The van der Waals surface area contributed by atoms with Crippen molar-refractivity contribution in [3.63, 3.8) is 0 Å². The first-order valence-corrected chi connectivity index (χ1v) is 8.99. The van der Waals surface area contributed by atoms with E-state index >= 15 is 0 Å². The third-order valence-corrected chi connectivity index (χ3v) is 4.03. The fourth-order valence-electron chi connectivity index (χ4n) is 2.64. The molecular weight excluding hydrogens is 232 g/mol. The van der Waals surface area contributed by atoms with Crippen molar-refractivity contribution in [3.8, 4) is 0 Å². The lowest BCUT2D eigenvalue weighted by atomic mass is 10.0. The van der Waals surface area contributed by atoms with Crippen LogP contribution in [0.5, 0.6) is 0 Å². The average molecular weight is 271 g/mol. The summed E-state index contributed by atoms with van der Waals surface area (Å²) in [5.41, 5.74) is 0. The van der Waals surface area contributed by atoms with E-state index in [4.69, 9.17) is 0 Å². The number of rotatable bonds is 15. The van der Waals surface area contributed by atoms with Gasteiger partial charge in [0.2, 0.25) is 0 Å². The Morgan fingerprint density at radius 2 is 0.842 bits per heavy atom. The molecule has 0 amide bonds. The molecule has 0 fully saturated rings. The van der Waals surface area contributed by atoms with E-state index in [0.29, 0.717) is 0 Å². The van der Waals surface area contributed by atoms with Crippen LogP contribution >= 0.6 is 0 Å². The molecule has 0 spiro atoms. The summed E-state index contributed by atoms with van der Waals surface area (Å²) >= 11 is 0. The van der Waals surface area contributed by atoms with Gasteiger partial charge in [0.15, 0.2) is 0 Å². The van der Waals surface area contributed by atoms with Crippen LogP contribution in [0.1, 0.15) is 110 Å². The van der Waals surface area contributed by atoms with Gasteiger partial charge in [0, 0.05) is 0 Å². The highest BCUT2D eigenvalue weighted by Crippen LogP contribution is 2.14. The van der Waals surface area contributed by atoms with Crippen LogP contribution in [0.2, 0.25) is 0 Å². The van der Waals surface area contributed by atoms with Gasteiger partial charge in [-0.2, -0.15) is 0 Å². The summed E-state index contributed by atoms with van der Waals surface area (Å²) in [7, 11) is 0. The molecule has 0 aromatic heterocycles. The molecule has 0 saturated carbocycles. The second kappa shape index (κ2) is 16.0. The Morgan fingerprint density at radius 1 is 0.526 bits per heavy atom. The molecule has 0 aromatic carbocycles. The number of aliphatic hydroxyl groups excluding tert-OH is 1. The Balaban J connectivity index is 3.07. The van der Waals surface area contributed by atoms with Gasteiger partial charge in [0.05, 0.1) is 6.10 Å². The van der Waals surface area contributed by atoms with E-state index in [1.165, 1.54) is 83.5 Å². The van der Waals surface area contributed by atoms with Crippen molar-refractivity contribution in [3.05, 3.63) is 0 Å². The summed E-state index contributed by atoms with van der Waals surface area (Å²) in [4.78, 5) is 0. The van der Waals surface area contributed by atoms with Crippen LogP contribution in [0.4, 0.5) is 0 Å². The lowest BCUT2D eigenvalue weighted by Gasteiger charge is -2.10. The highest BCUT2D eigenvalue weighted by molar-refractivity contribution is 4.57. The number of hydrogen-bond donors (Lipinski definition) is 1. The van der Waals surface area contributed by atoms with Crippen molar-refractivity contribution < 1.29 is 5.11 Å². The minimum atomic E-state index is -0.0265. The van der Waals surface area contributed by atoms with Gasteiger partial charge in [0.1, 0.15) is 0 Å². The van der Waals surface area contributed by atoms with Gasteiger partial charge >= 0.3 is 0 Å². The van der Waals surface area contributed by atoms with E-state index in [0.717, 1.165) is 12.8 Å². The molecule has 0 aromatic rings. The summed E-state index contributed by atoms with van der Waals surface area (Å²) in [5.74, 6) is 0. The molecule has 116 valence electrons. The zero-order valence-corrected chi connectivity index (χ0v) is 13.6. The maximum absolute atomic E-state index is 9.85. The Morgan fingerprint density at radius 3 is 1.26 bits per heavy atom. The quantitative estimate of drug-likeness (QED) is 0.349. The Hall–Kier alpha value is -0.0400. The molecule has 0 aliphatic carbocycles. The average Bonchev–Trinajstić information content (AvgIpc) is 2.42. The van der Waals surface area contributed by atoms with Crippen LogP contribution in [0, 0.1) is 0 Å². The normalized spacial score (nSPS) is 12.8. The Labute approximate surface area is 122 Å². The molecule has 19 heavy (non-hydrogen) atoms. The van der Waals surface area contributed by atoms with Gasteiger partial charge in [-0.15, -0.1) is 0 Å². The molecule has 1 atom stereocenters. The van der Waals surface area contributed by atoms with Gasteiger partial charge < -0.3 is 5.11 Å². The lowest BCUT2D eigenvalue weighted by molar-refractivity contribution is 0.147. The van der Waals surface area contributed by atoms with Crippen LogP contribution in [0.25, 0.3) is 0 Å². The molecule has 0 rings (SSSR count). The van der Waals surface area contributed by atoms with E-state index in [-0.39, 0.29) is 6.10 Å². The minimum Gasteiger partial charge on any atom is -0.393 e. The van der Waals surface area contributed by atoms with Gasteiger partial charge in [-0.3, -0.25) is 0 Å². The number of hydrogen-bond acceptors (Lipinski definition) is 1. The largest absolute Gasteiger partial charge is 0.393 e. The second-order valence-corrected chi connectivity index (χ2v) is 6.12. The molecule has 1 nitrogen and oxygen atoms in total. The molecular formula is C18H38O. The standard InChI is InChI=1S/C18H38O/c1-3-5-7-9-10-11-12-13-15-17-18(19)16-14-8-6-4-2/h18-19H,3-17H2,1-2H3. The zero-order valence-electron chi connectivity index (χ0n) is 13.6. The van der Waals surface area contributed by atoms with Crippen molar-refractivity contribution in [1.82, 2.24) is 0 Å². The van der Waals surface area contributed by atoms with Gasteiger partial charge in [-0.25, -0.2) is 0 Å². The molecule has 1 heteroatoms. The monoisotopic (exact) mass is 270 g/mol. The molecule has 0 bridgehead atoms. The van der Waals surface area contributed by atoms with Crippen molar-refractivity contribution in [2.24, 2.45) is 0 Å². The summed E-state index contributed by atoms with van der Waals surface area (Å²) in [6, 6.07) is 0. The van der Waals surface area contributed by atoms with E-state index in [1.807, 2.05) is 0 Å². The molecule has 0 aliphatic heterocycles. The molecule has 1 N–H and O–H groups in total. The molecule has 0 heterocycles. The third-order valence-electron chi connectivity index (χ3n) is 4.03. The highest BCUT2D eigenvalue weighted by atomic mass is 16.3. The highest BCUT2D eigenvalue weighted by Gasteiger charge is 2.03. The smallest absolute Gasteiger partial charge is 0.0540 e. The summed E-state index contributed by atoms with van der Waals surface area (Å²) in [6.07, 6.45) is 19.5. The maximum atomic E-state index is 9.85. The van der Waals surface area contributed by atoms with Crippen molar-refractivity contribution in [1.29, 1.82) is 0 Å². The summed E-state index contributed by atoms with van der Waals surface area (Å²) in [6.45, 7) is 4.51. The molecule has 0 saturated heterocycles. The van der Waals surface area contributed by atoms with Crippen LogP contribution < -0.4 is 0 Å². The fraction of sp³-hybridized carbons (Fsp3) is 1.00. The van der Waals surface area contributed by atoms with Crippen LogP contribution in [0.3, 0.4) is 0 Å². The Bertz CT molecular complexity index is 156. The molecule has 1 unspecified atom stereocenters. The van der Waals surface area contributed by atoms with Crippen molar-refractivity contribution in [2.75, 3.05) is 0 Å². The van der Waals surface area contributed by atoms with E-state index in [2.05, 4.69) is 13.8 Å². The topological polar surface area (TPSA) is 20.2 Å². The predicted octanol–water partition coefficient (Wildman–Crippen LogP) is 6.24. The van der Waals surface area contributed by atoms with Crippen molar-refractivity contribution >= 4 is 0 Å². The van der Waals surface area contributed by atoms with Gasteiger partial charge in [-0.05, 0) is 12.8 Å². The van der Waals surface area contributed by atoms with Crippen molar-refractivity contribution in [2.45, 2.75) is 116 Å². The first-order valence-electron chi connectivity index (χ1n) is 8.99. The van der Waals surface area contributed by atoms with E-state index in [1.54, 1.807) is 0 Å². The lowest BCUT2D eigenvalue weighted by Crippen LogP contribution is -2.05. The molecule has 0 radical (unpaired) electrons. The van der Waals surface area contributed by atoms with Crippen LogP contribution in [-0.2, 0) is 0 Å². The summed E-state index contributed by atoms with van der Waals surface area (Å²) < 4.78 is 0. The molecule has 0 aliphatic rings. The van der Waals surface area contributed by atoms with Crippen LogP contribution in [0.15, 0.2) is 0 Å². The minimum absolute atomic E-state index is 0.0265. The third kappa shape index (κ3) is 15.9. The maximum Gasteiger partial charge on any atom is 0.0540 e. The zero-order chi connectivity index (χ0) is 14.2. The van der Waals surface area contributed by atoms with Gasteiger partial charge in [0.25, 0.3) is 0 Å². The Kier molecular flexibility index (Phi) is 16.0. The van der Waals surface area contributed by atoms with Gasteiger partial charge in [-0.1, -0.05) is 97.3 Å². The van der Waals surface area contributed by atoms with E-state index < -0.39 is 0 Å². The first kappa shape index (κ1) is 19.0. The fourth-order valence-corrected chi connectivity index (χ4v) is 2.64. The predicted molar refractivity (Wildman–Crippen MR) is 86.6 cm³/mol. The summed E-state index contributed by atoms with van der Waals surface area (Å²) in [5, 5.41) is 9.85. The SMILES string of the molecule is CCCCCCCCCCCC(O)CCCCCC. The van der Waals surface area contributed by atoms with E-state index in [9.17, 15) is 5.11 Å².